The summed E-state index contributed by atoms with van der Waals surface area (Å²) in [5.74, 6) is 0.322. The van der Waals surface area contributed by atoms with Crippen molar-refractivity contribution in [3.8, 4) is 5.75 Å². The van der Waals surface area contributed by atoms with Gasteiger partial charge in [-0.25, -0.2) is 0 Å². The van der Waals surface area contributed by atoms with Gasteiger partial charge in [-0.05, 0) is 36.0 Å². The summed E-state index contributed by atoms with van der Waals surface area (Å²) in [4.78, 5) is 12.4. The lowest BCUT2D eigenvalue weighted by Crippen LogP contribution is -2.49. The van der Waals surface area contributed by atoms with Crippen molar-refractivity contribution >= 4 is 16.1 Å². The molecule has 1 atom stereocenters. The highest BCUT2D eigenvalue weighted by atomic mass is 32.2. The molecule has 28 heavy (non-hydrogen) atoms. The van der Waals surface area contributed by atoms with Crippen molar-refractivity contribution in [3.63, 3.8) is 0 Å². The number of nitrogens with one attached hydrogen (secondary N) is 1. The van der Waals surface area contributed by atoms with Crippen LogP contribution < -0.4 is 10.1 Å². The molecule has 0 saturated carbocycles. The molecule has 1 aromatic rings. The van der Waals surface area contributed by atoms with Gasteiger partial charge < -0.3 is 10.1 Å². The van der Waals surface area contributed by atoms with E-state index in [0.717, 1.165) is 5.75 Å². The van der Waals surface area contributed by atoms with Crippen molar-refractivity contribution < 1.29 is 17.9 Å². The molecule has 1 unspecified atom stereocenters. The van der Waals surface area contributed by atoms with Gasteiger partial charge in [-0.1, -0.05) is 32.9 Å². The smallest absolute Gasteiger partial charge is 0.281 e. The van der Waals surface area contributed by atoms with Gasteiger partial charge in [0.25, 0.3) is 10.2 Å². The van der Waals surface area contributed by atoms with Crippen LogP contribution in [0.25, 0.3) is 0 Å². The Labute approximate surface area is 169 Å². The van der Waals surface area contributed by atoms with Gasteiger partial charge in [0, 0.05) is 27.2 Å². The van der Waals surface area contributed by atoms with E-state index < -0.39 is 10.2 Å². The summed E-state index contributed by atoms with van der Waals surface area (Å²) >= 11 is 0. The molecule has 1 amide bonds. The summed E-state index contributed by atoms with van der Waals surface area (Å²) in [5.41, 5.74) is 1.34. The number of amides is 1. The predicted octanol–water partition coefficient (Wildman–Crippen LogP) is 2.00. The highest BCUT2D eigenvalue weighted by Crippen LogP contribution is 2.24. The van der Waals surface area contributed by atoms with E-state index in [4.69, 9.17) is 4.74 Å². The molecule has 1 saturated heterocycles. The Kier molecular flexibility index (Phi) is 7.47. The normalized spacial score (nSPS) is 18.9. The number of carbonyl (C=O) groups excluding carboxylic acids is 1. The molecule has 2 rings (SSSR count). The van der Waals surface area contributed by atoms with E-state index in [0.29, 0.717) is 32.5 Å². The zero-order valence-electron chi connectivity index (χ0n) is 17.6. The third-order valence-corrected chi connectivity index (χ3v) is 6.84. The molecule has 0 bridgehead atoms. The number of rotatable bonds is 7. The van der Waals surface area contributed by atoms with Gasteiger partial charge in [0.15, 0.2) is 0 Å². The minimum Gasteiger partial charge on any atom is -0.492 e. The van der Waals surface area contributed by atoms with Crippen molar-refractivity contribution in [2.75, 3.05) is 40.3 Å². The summed E-state index contributed by atoms with van der Waals surface area (Å²) in [6.07, 6.45) is 1.38. The fourth-order valence-electron chi connectivity index (χ4n) is 3.14. The number of piperidine rings is 1. The Morgan fingerprint density at radius 2 is 1.89 bits per heavy atom. The summed E-state index contributed by atoms with van der Waals surface area (Å²) in [6, 6.07) is 7.98. The highest BCUT2D eigenvalue weighted by Gasteiger charge is 2.33. The van der Waals surface area contributed by atoms with E-state index in [1.165, 1.54) is 28.3 Å². The van der Waals surface area contributed by atoms with Gasteiger partial charge in [0.1, 0.15) is 12.4 Å². The monoisotopic (exact) mass is 411 g/mol. The topological polar surface area (TPSA) is 79.0 Å². The van der Waals surface area contributed by atoms with Crippen LogP contribution in [0, 0.1) is 5.92 Å². The van der Waals surface area contributed by atoms with Gasteiger partial charge in [-0.2, -0.15) is 17.0 Å². The van der Waals surface area contributed by atoms with Gasteiger partial charge in [0.05, 0.1) is 12.5 Å². The van der Waals surface area contributed by atoms with E-state index in [2.05, 4.69) is 38.2 Å². The lowest BCUT2D eigenvalue weighted by atomic mass is 9.87. The number of nitrogens with zero attached hydrogens (tertiary/aromatic N) is 2. The molecule has 8 heteroatoms. The first-order valence-corrected chi connectivity index (χ1v) is 11.1. The lowest BCUT2D eigenvalue weighted by Gasteiger charge is -2.32. The van der Waals surface area contributed by atoms with E-state index in [1.54, 1.807) is 0 Å². The van der Waals surface area contributed by atoms with Crippen molar-refractivity contribution in [2.24, 2.45) is 5.92 Å². The summed E-state index contributed by atoms with van der Waals surface area (Å²) in [7, 11) is -0.471. The molecule has 1 aromatic carbocycles. The second-order valence-corrected chi connectivity index (χ2v) is 10.5. The molecule has 1 fully saturated rings. The van der Waals surface area contributed by atoms with E-state index >= 15 is 0 Å². The maximum Gasteiger partial charge on any atom is 0.281 e. The van der Waals surface area contributed by atoms with Gasteiger partial charge >= 0.3 is 0 Å². The first-order chi connectivity index (χ1) is 13.0. The fraction of sp³-hybridized carbons (Fsp3) is 0.650. The minimum absolute atomic E-state index is 0.0977. The Morgan fingerprint density at radius 3 is 2.46 bits per heavy atom. The lowest BCUT2D eigenvalue weighted by molar-refractivity contribution is -0.126. The van der Waals surface area contributed by atoms with Crippen LogP contribution in [0.1, 0.15) is 39.2 Å². The van der Waals surface area contributed by atoms with E-state index in [1.807, 2.05) is 12.1 Å². The number of hydrogen-bond donors (Lipinski definition) is 1. The quantitative estimate of drug-likeness (QED) is 0.696. The third-order valence-electron chi connectivity index (χ3n) is 4.93. The first-order valence-electron chi connectivity index (χ1n) is 9.70. The Hall–Kier alpha value is -1.64. The molecule has 0 radical (unpaired) electrons. The first kappa shape index (κ1) is 22.6. The number of carbonyl (C=O) groups is 1. The zero-order valence-corrected chi connectivity index (χ0v) is 18.4. The summed E-state index contributed by atoms with van der Waals surface area (Å²) in [5, 5.41) is 2.86. The van der Waals surface area contributed by atoms with Crippen LogP contribution in [-0.2, 0) is 20.4 Å². The standard InChI is InChI=1S/C20H33N3O4S/c1-20(2,3)17-8-10-18(11-9-17)27-14-12-21-19(24)16-7-6-13-23(15-16)28(25,26)22(4)5/h8-11,16H,6-7,12-15H2,1-5H3,(H,21,24). The van der Waals surface area contributed by atoms with Crippen molar-refractivity contribution in [1.82, 2.24) is 13.9 Å². The summed E-state index contributed by atoms with van der Waals surface area (Å²) < 4.78 is 32.8. The molecule has 0 aromatic heterocycles. The van der Waals surface area contributed by atoms with Gasteiger partial charge in [-0.15, -0.1) is 0 Å². The SMILES string of the molecule is CN(C)S(=O)(=O)N1CCCC(C(=O)NCCOc2ccc(C(C)(C)C)cc2)C1. The third kappa shape index (κ3) is 5.93. The van der Waals surface area contributed by atoms with Crippen LogP contribution in [0.5, 0.6) is 5.75 Å². The molecule has 0 aliphatic carbocycles. The molecule has 1 N–H and O–H groups in total. The minimum atomic E-state index is -3.48. The highest BCUT2D eigenvalue weighted by molar-refractivity contribution is 7.86. The van der Waals surface area contributed by atoms with Crippen molar-refractivity contribution in [2.45, 2.75) is 39.0 Å². The van der Waals surface area contributed by atoms with Crippen LogP contribution in [0.3, 0.4) is 0 Å². The fourth-order valence-corrected chi connectivity index (χ4v) is 4.33. The van der Waals surface area contributed by atoms with Gasteiger partial charge in [-0.3, -0.25) is 4.79 Å². The van der Waals surface area contributed by atoms with E-state index in [-0.39, 0.29) is 23.8 Å². The maximum atomic E-state index is 12.4. The molecule has 1 aliphatic heterocycles. The molecule has 1 heterocycles. The largest absolute Gasteiger partial charge is 0.492 e. The van der Waals surface area contributed by atoms with Crippen LogP contribution >= 0.6 is 0 Å². The molecular weight excluding hydrogens is 378 g/mol. The van der Waals surface area contributed by atoms with E-state index in [9.17, 15) is 13.2 Å². The number of benzene rings is 1. The molecule has 158 valence electrons. The average Bonchev–Trinajstić information content (AvgIpc) is 2.64. The molecule has 7 nitrogen and oxygen atoms in total. The number of hydrogen-bond acceptors (Lipinski definition) is 4. The summed E-state index contributed by atoms with van der Waals surface area (Å²) in [6.45, 7) is 7.92. The Bertz CT molecular complexity index is 755. The molecule has 1 aliphatic rings. The Morgan fingerprint density at radius 1 is 1.25 bits per heavy atom. The van der Waals surface area contributed by atoms with Crippen molar-refractivity contribution in [3.05, 3.63) is 29.8 Å². The number of ether oxygens (including phenoxy) is 1. The van der Waals surface area contributed by atoms with Crippen LogP contribution in [0.2, 0.25) is 0 Å². The van der Waals surface area contributed by atoms with Crippen LogP contribution in [-0.4, -0.2) is 63.3 Å². The van der Waals surface area contributed by atoms with Crippen LogP contribution in [0.4, 0.5) is 0 Å². The predicted molar refractivity (Wildman–Crippen MR) is 111 cm³/mol. The molecular formula is C20H33N3O4S. The molecule has 0 spiro atoms. The van der Waals surface area contributed by atoms with Crippen molar-refractivity contribution in [1.29, 1.82) is 0 Å². The second-order valence-electron chi connectivity index (χ2n) is 8.40. The van der Waals surface area contributed by atoms with Crippen LogP contribution in [0.15, 0.2) is 24.3 Å². The Balaban J connectivity index is 1.78. The second kappa shape index (κ2) is 9.24. The zero-order chi connectivity index (χ0) is 20.9. The average molecular weight is 412 g/mol. The maximum absolute atomic E-state index is 12.4. The van der Waals surface area contributed by atoms with Gasteiger partial charge in [0.2, 0.25) is 5.91 Å².